The van der Waals surface area contributed by atoms with E-state index in [0.29, 0.717) is 18.6 Å². The number of benzene rings is 2. The van der Waals surface area contributed by atoms with Crippen molar-refractivity contribution in [2.45, 2.75) is 63.7 Å². The molecular formula is C25H31NO4S. The fourth-order valence-corrected chi connectivity index (χ4v) is 4.82. The number of hydrogen-bond donors (Lipinski definition) is 0. The summed E-state index contributed by atoms with van der Waals surface area (Å²) in [6.45, 7) is 9.70. The molecule has 0 radical (unpaired) electrons. The molecule has 0 spiro atoms. The van der Waals surface area contributed by atoms with Gasteiger partial charge in [-0.1, -0.05) is 72.4 Å². The van der Waals surface area contributed by atoms with Crippen LogP contribution in [0.15, 0.2) is 60.7 Å². The molecule has 2 atom stereocenters. The minimum absolute atomic E-state index is 0.0106. The molecule has 166 valence electrons. The zero-order valence-corrected chi connectivity index (χ0v) is 19.6. The van der Waals surface area contributed by atoms with E-state index in [-0.39, 0.29) is 16.4 Å². The van der Waals surface area contributed by atoms with E-state index in [1.807, 2.05) is 95.3 Å². The van der Waals surface area contributed by atoms with Gasteiger partial charge in [0.25, 0.3) is 0 Å². The van der Waals surface area contributed by atoms with Gasteiger partial charge in [-0.25, -0.2) is 4.79 Å². The van der Waals surface area contributed by atoms with Gasteiger partial charge in [0.15, 0.2) is 0 Å². The molecule has 1 aliphatic rings. The molecule has 2 aromatic rings. The second-order valence-corrected chi connectivity index (χ2v) is 10.3. The predicted octanol–water partition coefficient (Wildman–Crippen LogP) is 6.06. The molecule has 0 N–H and O–H groups in total. The Morgan fingerprint density at radius 2 is 1.68 bits per heavy atom. The van der Waals surface area contributed by atoms with E-state index in [0.717, 1.165) is 5.56 Å². The fraction of sp³-hybridized carbons (Fsp3) is 0.440. The summed E-state index contributed by atoms with van der Waals surface area (Å²) in [6.07, 6.45) is 0.182. The standard InChI is InChI=1S/C25H31NO4S/c1-24(2,3)30-23(28)26-20(17-29-25(26,4)5)16-21(18-12-8-6-9-13-18)31-22(27)19-14-10-7-11-15-19/h6-15,20-21H,16-17H2,1-5H3/t20-,21-/m1/s1. The first-order valence-electron chi connectivity index (χ1n) is 10.5. The van der Waals surface area contributed by atoms with E-state index in [1.54, 1.807) is 4.90 Å². The first-order chi connectivity index (χ1) is 14.6. The van der Waals surface area contributed by atoms with Crippen molar-refractivity contribution in [3.8, 4) is 0 Å². The van der Waals surface area contributed by atoms with Gasteiger partial charge in [-0.15, -0.1) is 0 Å². The van der Waals surface area contributed by atoms with Crippen LogP contribution in [0.3, 0.4) is 0 Å². The lowest BCUT2D eigenvalue weighted by Crippen LogP contribution is -2.50. The Bertz CT molecular complexity index is 893. The molecule has 0 unspecified atom stereocenters. The van der Waals surface area contributed by atoms with Crippen LogP contribution in [0.2, 0.25) is 0 Å². The number of ether oxygens (including phenoxy) is 2. The molecule has 0 saturated carbocycles. The Hall–Kier alpha value is -2.31. The quantitative estimate of drug-likeness (QED) is 0.564. The highest BCUT2D eigenvalue weighted by atomic mass is 32.2. The largest absolute Gasteiger partial charge is 0.444 e. The summed E-state index contributed by atoms with van der Waals surface area (Å²) in [4.78, 5) is 27.6. The van der Waals surface area contributed by atoms with Crippen LogP contribution in [0.1, 0.15) is 62.2 Å². The Morgan fingerprint density at radius 1 is 1.10 bits per heavy atom. The molecule has 1 saturated heterocycles. The number of rotatable bonds is 5. The Kier molecular flexibility index (Phi) is 7.12. The molecule has 6 heteroatoms. The van der Waals surface area contributed by atoms with Crippen LogP contribution in [0, 0.1) is 0 Å². The first kappa shape index (κ1) is 23.4. The molecule has 0 aliphatic carbocycles. The summed E-state index contributed by atoms with van der Waals surface area (Å²) in [7, 11) is 0. The topological polar surface area (TPSA) is 55.8 Å². The number of thioether (sulfide) groups is 1. The fourth-order valence-electron chi connectivity index (χ4n) is 3.68. The normalized spacial score (nSPS) is 19.1. The highest BCUT2D eigenvalue weighted by Crippen LogP contribution is 2.40. The molecule has 3 rings (SSSR count). The third-order valence-electron chi connectivity index (χ3n) is 5.08. The third-order valence-corrected chi connectivity index (χ3v) is 6.28. The van der Waals surface area contributed by atoms with Gasteiger partial charge < -0.3 is 9.47 Å². The van der Waals surface area contributed by atoms with Gasteiger partial charge in [-0.2, -0.15) is 0 Å². The number of nitrogens with zero attached hydrogens (tertiary/aromatic N) is 1. The monoisotopic (exact) mass is 441 g/mol. The molecule has 5 nitrogen and oxygen atoms in total. The molecule has 0 bridgehead atoms. The van der Waals surface area contributed by atoms with Crippen LogP contribution in [-0.4, -0.2) is 40.1 Å². The van der Waals surface area contributed by atoms with Crippen molar-refractivity contribution < 1.29 is 19.1 Å². The predicted molar refractivity (Wildman–Crippen MR) is 124 cm³/mol. The second-order valence-electron chi connectivity index (χ2n) is 9.17. The number of carbonyl (C=O) groups excluding carboxylic acids is 2. The van der Waals surface area contributed by atoms with E-state index in [9.17, 15) is 9.59 Å². The van der Waals surface area contributed by atoms with Gasteiger partial charge in [-0.3, -0.25) is 9.69 Å². The summed E-state index contributed by atoms with van der Waals surface area (Å²) >= 11 is 1.29. The Labute approximate surface area is 189 Å². The molecule has 2 aromatic carbocycles. The number of amides is 1. The maximum atomic E-state index is 13.0. The van der Waals surface area contributed by atoms with Gasteiger partial charge in [0.05, 0.1) is 12.6 Å². The number of hydrogen-bond acceptors (Lipinski definition) is 5. The lowest BCUT2D eigenvalue weighted by molar-refractivity contribution is -0.0626. The Balaban J connectivity index is 1.84. The summed E-state index contributed by atoms with van der Waals surface area (Å²) in [5, 5.41) is -0.113. The average molecular weight is 442 g/mol. The van der Waals surface area contributed by atoms with E-state index in [2.05, 4.69) is 0 Å². The third kappa shape index (κ3) is 6.11. The van der Waals surface area contributed by atoms with Gasteiger partial charge in [0.1, 0.15) is 11.3 Å². The van der Waals surface area contributed by atoms with Crippen LogP contribution in [0.25, 0.3) is 0 Å². The van der Waals surface area contributed by atoms with E-state index >= 15 is 0 Å². The lowest BCUT2D eigenvalue weighted by atomic mass is 10.0. The van der Waals surface area contributed by atoms with E-state index < -0.39 is 17.4 Å². The van der Waals surface area contributed by atoms with Crippen LogP contribution in [-0.2, 0) is 9.47 Å². The minimum Gasteiger partial charge on any atom is -0.444 e. The maximum Gasteiger partial charge on any atom is 0.412 e. The van der Waals surface area contributed by atoms with Crippen LogP contribution in [0.4, 0.5) is 4.79 Å². The summed E-state index contributed by atoms with van der Waals surface area (Å²) in [5.41, 5.74) is 0.338. The summed E-state index contributed by atoms with van der Waals surface area (Å²) < 4.78 is 11.6. The molecule has 31 heavy (non-hydrogen) atoms. The number of carbonyl (C=O) groups is 2. The smallest absolute Gasteiger partial charge is 0.412 e. The minimum atomic E-state index is -0.775. The molecule has 1 amide bonds. The summed E-state index contributed by atoms with van der Waals surface area (Å²) in [6, 6.07) is 19.0. The zero-order valence-electron chi connectivity index (χ0n) is 18.8. The van der Waals surface area contributed by atoms with Crippen LogP contribution >= 0.6 is 11.8 Å². The molecule has 1 heterocycles. The molecule has 1 fully saturated rings. The first-order valence-corrected chi connectivity index (χ1v) is 11.4. The molecule has 1 aliphatic heterocycles. The van der Waals surface area contributed by atoms with Crippen molar-refractivity contribution in [1.82, 2.24) is 4.90 Å². The van der Waals surface area contributed by atoms with Crippen LogP contribution < -0.4 is 0 Å². The van der Waals surface area contributed by atoms with E-state index in [1.165, 1.54) is 11.8 Å². The van der Waals surface area contributed by atoms with Crippen molar-refractivity contribution in [2.24, 2.45) is 0 Å². The van der Waals surface area contributed by atoms with Crippen molar-refractivity contribution in [3.63, 3.8) is 0 Å². The van der Waals surface area contributed by atoms with Crippen molar-refractivity contribution in [1.29, 1.82) is 0 Å². The van der Waals surface area contributed by atoms with Gasteiger partial charge in [-0.05, 0) is 46.6 Å². The molecule has 0 aromatic heterocycles. The van der Waals surface area contributed by atoms with Gasteiger partial charge in [0, 0.05) is 10.8 Å². The maximum absolute atomic E-state index is 13.0. The Morgan fingerprint density at radius 3 is 2.26 bits per heavy atom. The lowest BCUT2D eigenvalue weighted by Gasteiger charge is -2.36. The zero-order chi connectivity index (χ0) is 22.6. The van der Waals surface area contributed by atoms with Gasteiger partial charge >= 0.3 is 6.09 Å². The highest BCUT2D eigenvalue weighted by molar-refractivity contribution is 8.14. The van der Waals surface area contributed by atoms with Crippen molar-refractivity contribution in [2.75, 3.05) is 6.61 Å². The van der Waals surface area contributed by atoms with E-state index in [4.69, 9.17) is 9.47 Å². The average Bonchev–Trinajstić information content (AvgIpc) is 3.01. The summed E-state index contributed by atoms with van der Waals surface area (Å²) in [5.74, 6) is 0. The highest BCUT2D eigenvalue weighted by Gasteiger charge is 2.46. The molecular weight excluding hydrogens is 410 g/mol. The van der Waals surface area contributed by atoms with Crippen molar-refractivity contribution >= 4 is 23.0 Å². The van der Waals surface area contributed by atoms with Crippen LogP contribution in [0.5, 0.6) is 0 Å². The van der Waals surface area contributed by atoms with Crippen molar-refractivity contribution in [3.05, 3.63) is 71.8 Å². The van der Waals surface area contributed by atoms with Gasteiger partial charge in [0.2, 0.25) is 5.12 Å². The second kappa shape index (κ2) is 9.45. The SMILES string of the molecule is CC(C)(C)OC(=O)N1[C@H](C[C@@H](SC(=O)c2ccccc2)c2ccccc2)COC1(C)C.